The Morgan fingerprint density at radius 3 is 2.68 bits per heavy atom. The minimum atomic E-state index is -0.272. The molecule has 22 heavy (non-hydrogen) atoms. The van der Waals surface area contributed by atoms with Crippen LogP contribution in [0.3, 0.4) is 0 Å². The Bertz CT molecular complexity index is 671. The van der Waals surface area contributed by atoms with E-state index in [-0.39, 0.29) is 17.7 Å². The van der Waals surface area contributed by atoms with Crippen LogP contribution < -0.4 is 5.32 Å². The van der Waals surface area contributed by atoms with Crippen molar-refractivity contribution in [3.8, 4) is 0 Å². The molecule has 1 atom stereocenters. The molecule has 0 saturated heterocycles. The summed E-state index contributed by atoms with van der Waals surface area (Å²) in [6.07, 6.45) is 0.655. The number of hydrogen-bond acceptors (Lipinski definition) is 2. The first-order chi connectivity index (χ1) is 10.7. The molecule has 0 spiro atoms. The van der Waals surface area contributed by atoms with Crippen molar-refractivity contribution in [2.24, 2.45) is 5.16 Å². The first kappa shape index (κ1) is 14.7. The molecule has 0 fully saturated rings. The minimum Gasteiger partial charge on any atom is -0.386 e. The topological polar surface area (TPSA) is 38.2 Å². The van der Waals surface area contributed by atoms with Crippen LogP contribution in [0.4, 0.5) is 8.78 Å². The van der Waals surface area contributed by atoms with Gasteiger partial charge in [-0.05, 0) is 24.3 Å². The standard InChI is InChI=1S/C17H16F2N2O/c18-14-6-4-12(5-7-14)10-20-11-16-9-17(21-22-16)13-2-1-3-15(19)8-13/h1-8,16,20H,9-11H2/p+1/t16-/m0/s1. The monoisotopic (exact) mass is 303 g/mol. The lowest BCUT2D eigenvalue weighted by atomic mass is 10.0. The maximum atomic E-state index is 13.2. The normalized spacial score (nSPS) is 17.2. The first-order valence-electron chi connectivity index (χ1n) is 7.25. The lowest BCUT2D eigenvalue weighted by molar-refractivity contribution is -0.676. The lowest BCUT2D eigenvalue weighted by Crippen LogP contribution is -2.84. The van der Waals surface area contributed by atoms with Gasteiger partial charge in [0.25, 0.3) is 0 Å². The molecule has 2 aromatic rings. The molecule has 0 aromatic heterocycles. The summed E-state index contributed by atoms with van der Waals surface area (Å²) < 4.78 is 26.0. The third-order valence-electron chi connectivity index (χ3n) is 3.61. The Hall–Kier alpha value is -2.27. The summed E-state index contributed by atoms with van der Waals surface area (Å²) in [5.41, 5.74) is 2.60. The Morgan fingerprint density at radius 2 is 1.91 bits per heavy atom. The smallest absolute Gasteiger partial charge is 0.181 e. The van der Waals surface area contributed by atoms with E-state index in [1.54, 1.807) is 18.2 Å². The third-order valence-corrected chi connectivity index (χ3v) is 3.61. The number of nitrogens with two attached hydrogens (primary N) is 1. The summed E-state index contributed by atoms with van der Waals surface area (Å²) in [6.45, 7) is 1.51. The molecule has 0 bridgehead atoms. The van der Waals surface area contributed by atoms with Crippen LogP contribution >= 0.6 is 0 Å². The van der Waals surface area contributed by atoms with E-state index in [4.69, 9.17) is 4.84 Å². The van der Waals surface area contributed by atoms with E-state index in [1.165, 1.54) is 24.3 Å². The average molecular weight is 303 g/mol. The van der Waals surface area contributed by atoms with Crippen LogP contribution in [-0.2, 0) is 11.4 Å². The Morgan fingerprint density at radius 1 is 1.09 bits per heavy atom. The summed E-state index contributed by atoms with van der Waals surface area (Å²) in [5.74, 6) is -0.498. The average Bonchev–Trinajstić information content (AvgIpc) is 2.98. The quantitative estimate of drug-likeness (QED) is 0.904. The van der Waals surface area contributed by atoms with Crippen molar-refractivity contribution >= 4 is 5.71 Å². The summed E-state index contributed by atoms with van der Waals surface area (Å²) in [5, 5.41) is 6.15. The first-order valence-corrected chi connectivity index (χ1v) is 7.25. The molecule has 2 aromatic carbocycles. The van der Waals surface area contributed by atoms with Crippen molar-refractivity contribution in [3.63, 3.8) is 0 Å². The van der Waals surface area contributed by atoms with Gasteiger partial charge < -0.3 is 10.2 Å². The fraction of sp³-hybridized carbons (Fsp3) is 0.235. The summed E-state index contributed by atoms with van der Waals surface area (Å²) in [4.78, 5) is 5.39. The Balaban J connectivity index is 1.47. The van der Waals surface area contributed by atoms with E-state index >= 15 is 0 Å². The molecule has 1 heterocycles. The number of rotatable bonds is 5. The highest BCUT2D eigenvalue weighted by molar-refractivity contribution is 6.01. The van der Waals surface area contributed by atoms with Crippen molar-refractivity contribution in [2.75, 3.05) is 6.54 Å². The van der Waals surface area contributed by atoms with Gasteiger partial charge in [-0.3, -0.25) is 0 Å². The Kier molecular flexibility index (Phi) is 4.44. The van der Waals surface area contributed by atoms with E-state index in [1.807, 2.05) is 6.07 Å². The molecular weight excluding hydrogens is 286 g/mol. The highest BCUT2D eigenvalue weighted by Crippen LogP contribution is 2.16. The molecule has 0 amide bonds. The van der Waals surface area contributed by atoms with Crippen LogP contribution in [0.25, 0.3) is 0 Å². The summed E-state index contributed by atoms with van der Waals surface area (Å²) in [7, 11) is 0. The van der Waals surface area contributed by atoms with Gasteiger partial charge in [-0.25, -0.2) is 8.78 Å². The van der Waals surface area contributed by atoms with Crippen LogP contribution in [0.1, 0.15) is 17.5 Å². The van der Waals surface area contributed by atoms with E-state index in [0.29, 0.717) is 6.42 Å². The predicted octanol–water partition coefficient (Wildman–Crippen LogP) is 2.22. The number of oxime groups is 1. The molecule has 114 valence electrons. The summed E-state index contributed by atoms with van der Waals surface area (Å²) >= 11 is 0. The van der Waals surface area contributed by atoms with E-state index in [2.05, 4.69) is 10.5 Å². The number of hydrogen-bond donors (Lipinski definition) is 1. The van der Waals surface area contributed by atoms with Gasteiger partial charge in [0, 0.05) is 17.5 Å². The molecule has 3 rings (SSSR count). The fourth-order valence-corrected chi connectivity index (χ4v) is 2.45. The number of halogens is 2. The number of benzene rings is 2. The Labute approximate surface area is 127 Å². The maximum Gasteiger partial charge on any atom is 0.181 e. The third kappa shape index (κ3) is 3.68. The molecule has 1 aliphatic heterocycles. The molecule has 0 saturated carbocycles. The zero-order chi connectivity index (χ0) is 15.4. The van der Waals surface area contributed by atoms with Crippen LogP contribution in [-0.4, -0.2) is 18.4 Å². The molecule has 5 heteroatoms. The molecule has 2 N–H and O–H groups in total. The summed E-state index contributed by atoms with van der Waals surface area (Å²) in [6, 6.07) is 12.8. The van der Waals surface area contributed by atoms with E-state index in [0.717, 1.165) is 29.9 Å². The van der Waals surface area contributed by atoms with Gasteiger partial charge in [0.2, 0.25) is 0 Å². The lowest BCUT2D eigenvalue weighted by Gasteiger charge is -2.07. The van der Waals surface area contributed by atoms with E-state index < -0.39 is 0 Å². The van der Waals surface area contributed by atoms with Crippen LogP contribution in [0, 0.1) is 11.6 Å². The van der Waals surface area contributed by atoms with Gasteiger partial charge in [0.1, 0.15) is 24.7 Å². The maximum absolute atomic E-state index is 13.2. The second-order valence-electron chi connectivity index (χ2n) is 5.33. The molecule has 1 aliphatic rings. The van der Waals surface area contributed by atoms with Crippen LogP contribution in [0.2, 0.25) is 0 Å². The molecule has 0 aliphatic carbocycles. The molecular formula is C17H17F2N2O+. The van der Waals surface area contributed by atoms with Crippen molar-refractivity contribution in [1.29, 1.82) is 0 Å². The largest absolute Gasteiger partial charge is 0.386 e. The van der Waals surface area contributed by atoms with Crippen molar-refractivity contribution in [3.05, 3.63) is 71.3 Å². The van der Waals surface area contributed by atoms with Gasteiger partial charge in [-0.2, -0.15) is 0 Å². The van der Waals surface area contributed by atoms with Crippen LogP contribution in [0.5, 0.6) is 0 Å². The highest BCUT2D eigenvalue weighted by Gasteiger charge is 2.23. The molecule has 0 unspecified atom stereocenters. The van der Waals surface area contributed by atoms with Crippen molar-refractivity contribution in [1.82, 2.24) is 0 Å². The number of nitrogens with zero attached hydrogens (tertiary/aromatic N) is 1. The predicted molar refractivity (Wildman–Crippen MR) is 79.3 cm³/mol. The van der Waals surface area contributed by atoms with Gasteiger partial charge >= 0.3 is 0 Å². The number of quaternary nitrogens is 1. The minimum absolute atomic E-state index is 0.0151. The second-order valence-corrected chi connectivity index (χ2v) is 5.33. The molecule has 3 nitrogen and oxygen atoms in total. The van der Waals surface area contributed by atoms with Crippen molar-refractivity contribution in [2.45, 2.75) is 19.1 Å². The zero-order valence-corrected chi connectivity index (χ0v) is 12.0. The van der Waals surface area contributed by atoms with E-state index in [9.17, 15) is 8.78 Å². The second kappa shape index (κ2) is 6.66. The van der Waals surface area contributed by atoms with Gasteiger partial charge in [-0.1, -0.05) is 29.4 Å². The van der Waals surface area contributed by atoms with Gasteiger partial charge in [0.15, 0.2) is 6.10 Å². The highest BCUT2D eigenvalue weighted by atomic mass is 19.1. The zero-order valence-electron chi connectivity index (χ0n) is 12.0. The SMILES string of the molecule is Fc1ccc(C[NH2+]C[C@@H]2CC(c3cccc(F)c3)=NO2)cc1. The van der Waals surface area contributed by atoms with Gasteiger partial charge in [0.05, 0.1) is 5.71 Å². The van der Waals surface area contributed by atoms with Crippen molar-refractivity contribution < 1.29 is 18.9 Å². The van der Waals surface area contributed by atoms with Gasteiger partial charge in [-0.15, -0.1) is 0 Å². The fourth-order valence-electron chi connectivity index (χ4n) is 2.45. The van der Waals surface area contributed by atoms with Crippen LogP contribution in [0.15, 0.2) is 53.7 Å². The molecule has 0 radical (unpaired) electrons.